The van der Waals surface area contributed by atoms with Crippen LogP contribution in [0.5, 0.6) is 11.5 Å². The molecule has 2 rings (SSSR count). The number of primary amides is 1. The normalized spacial score (nSPS) is 10.1. The fourth-order valence-corrected chi connectivity index (χ4v) is 2.14. The highest BCUT2D eigenvalue weighted by molar-refractivity contribution is 5.73. The first-order valence-electron chi connectivity index (χ1n) is 7.65. The molecule has 0 atom stereocenters. The van der Waals surface area contributed by atoms with Gasteiger partial charge in [0.1, 0.15) is 11.5 Å². The van der Waals surface area contributed by atoms with E-state index in [1.54, 1.807) is 0 Å². The molecule has 2 aromatic carbocycles. The first-order chi connectivity index (χ1) is 11.2. The van der Waals surface area contributed by atoms with Gasteiger partial charge in [-0.3, -0.25) is 4.79 Å². The van der Waals surface area contributed by atoms with Gasteiger partial charge >= 0.3 is 0 Å². The topological polar surface area (TPSA) is 73.6 Å². The summed E-state index contributed by atoms with van der Waals surface area (Å²) >= 11 is 0. The third kappa shape index (κ3) is 5.21. The molecule has 0 spiro atoms. The van der Waals surface area contributed by atoms with Crippen molar-refractivity contribution >= 4 is 11.6 Å². The smallest absolute Gasteiger partial charge is 0.220 e. The van der Waals surface area contributed by atoms with Crippen LogP contribution < -0.4 is 20.5 Å². The molecule has 0 aromatic heterocycles. The molecule has 3 N–H and O–H groups in total. The molecule has 0 fully saturated rings. The minimum absolute atomic E-state index is 0.196. The molecule has 122 valence electrons. The molecule has 0 saturated carbocycles. The van der Waals surface area contributed by atoms with Crippen molar-refractivity contribution < 1.29 is 14.3 Å². The summed E-state index contributed by atoms with van der Waals surface area (Å²) in [6.45, 7) is 3.48. The molecule has 0 heterocycles. The maximum absolute atomic E-state index is 10.8. The van der Waals surface area contributed by atoms with Crippen molar-refractivity contribution in [3.05, 3.63) is 54.1 Å². The molecule has 0 saturated heterocycles. The van der Waals surface area contributed by atoms with E-state index in [-0.39, 0.29) is 18.9 Å². The van der Waals surface area contributed by atoms with E-state index in [1.165, 1.54) is 0 Å². The highest BCUT2D eigenvalue weighted by atomic mass is 16.5. The molecule has 2 aromatic rings. The number of nitrogens with two attached hydrogens (primary N) is 1. The summed E-state index contributed by atoms with van der Waals surface area (Å²) in [5.74, 6) is 1.19. The fraction of sp³-hybridized carbons (Fsp3) is 0.278. The van der Waals surface area contributed by atoms with Gasteiger partial charge in [-0.1, -0.05) is 30.3 Å². The Morgan fingerprint density at radius 2 is 1.74 bits per heavy atom. The second-order valence-corrected chi connectivity index (χ2v) is 4.96. The van der Waals surface area contributed by atoms with Crippen molar-refractivity contribution in [2.75, 3.05) is 18.5 Å². The van der Waals surface area contributed by atoms with Crippen LogP contribution in [-0.4, -0.2) is 19.1 Å². The second-order valence-electron chi connectivity index (χ2n) is 4.96. The number of carbonyl (C=O) groups excluding carboxylic acids is 1. The van der Waals surface area contributed by atoms with Gasteiger partial charge < -0.3 is 20.5 Å². The van der Waals surface area contributed by atoms with E-state index < -0.39 is 0 Å². The Hall–Kier alpha value is -2.69. The van der Waals surface area contributed by atoms with E-state index in [9.17, 15) is 4.79 Å². The van der Waals surface area contributed by atoms with Crippen LogP contribution in [0.3, 0.4) is 0 Å². The van der Waals surface area contributed by atoms with Crippen LogP contribution in [0.4, 0.5) is 5.69 Å². The summed E-state index contributed by atoms with van der Waals surface area (Å²) in [6.07, 6.45) is 0.196. The van der Waals surface area contributed by atoms with E-state index in [0.29, 0.717) is 18.9 Å². The number of hydrogen-bond acceptors (Lipinski definition) is 4. The molecule has 5 heteroatoms. The molecular formula is C18H22N2O3. The Bertz CT molecular complexity index is 644. The molecule has 0 unspecified atom stereocenters. The van der Waals surface area contributed by atoms with Crippen molar-refractivity contribution in [1.82, 2.24) is 0 Å². The summed E-state index contributed by atoms with van der Waals surface area (Å²) in [7, 11) is 0. The number of rotatable bonds is 9. The Morgan fingerprint density at radius 1 is 1.04 bits per heavy atom. The third-order valence-electron chi connectivity index (χ3n) is 3.23. The van der Waals surface area contributed by atoms with Crippen LogP contribution in [0.1, 0.15) is 18.9 Å². The van der Waals surface area contributed by atoms with E-state index >= 15 is 0 Å². The molecule has 0 aliphatic rings. The molecule has 0 aliphatic heterocycles. The van der Waals surface area contributed by atoms with Gasteiger partial charge in [-0.05, 0) is 25.1 Å². The van der Waals surface area contributed by atoms with Crippen LogP contribution >= 0.6 is 0 Å². The Morgan fingerprint density at radius 3 is 2.48 bits per heavy atom. The highest BCUT2D eigenvalue weighted by Crippen LogP contribution is 2.26. The van der Waals surface area contributed by atoms with Crippen molar-refractivity contribution in [1.29, 1.82) is 0 Å². The zero-order chi connectivity index (χ0) is 16.5. The van der Waals surface area contributed by atoms with E-state index in [2.05, 4.69) is 5.32 Å². The van der Waals surface area contributed by atoms with E-state index in [1.807, 2.05) is 55.5 Å². The van der Waals surface area contributed by atoms with Gasteiger partial charge in [-0.2, -0.15) is 0 Å². The van der Waals surface area contributed by atoms with Crippen LogP contribution in [0.15, 0.2) is 48.5 Å². The van der Waals surface area contributed by atoms with Gasteiger partial charge in [0.15, 0.2) is 0 Å². The van der Waals surface area contributed by atoms with Crippen LogP contribution in [0, 0.1) is 0 Å². The average molecular weight is 314 g/mol. The van der Waals surface area contributed by atoms with Crippen LogP contribution in [0.25, 0.3) is 0 Å². The lowest BCUT2D eigenvalue weighted by molar-refractivity contribution is -0.118. The lowest BCUT2D eigenvalue weighted by Gasteiger charge is -2.14. The zero-order valence-electron chi connectivity index (χ0n) is 13.2. The molecule has 0 aliphatic carbocycles. The first-order valence-corrected chi connectivity index (χ1v) is 7.65. The van der Waals surface area contributed by atoms with E-state index in [4.69, 9.17) is 15.2 Å². The molecule has 0 bridgehead atoms. The Kier molecular flexibility index (Phi) is 6.29. The first kappa shape index (κ1) is 16.7. The summed E-state index contributed by atoms with van der Waals surface area (Å²) in [5.41, 5.74) is 7.06. The van der Waals surface area contributed by atoms with Crippen molar-refractivity contribution in [3.8, 4) is 11.5 Å². The minimum Gasteiger partial charge on any atom is -0.494 e. The van der Waals surface area contributed by atoms with Crippen LogP contribution in [-0.2, 0) is 11.3 Å². The average Bonchev–Trinajstić information content (AvgIpc) is 2.55. The summed E-state index contributed by atoms with van der Waals surface area (Å²) < 4.78 is 11.2. The highest BCUT2D eigenvalue weighted by Gasteiger charge is 2.06. The van der Waals surface area contributed by atoms with E-state index in [0.717, 1.165) is 17.0 Å². The number of para-hydroxylation sites is 3. The van der Waals surface area contributed by atoms with Crippen molar-refractivity contribution in [3.63, 3.8) is 0 Å². The summed E-state index contributed by atoms with van der Waals surface area (Å²) in [5, 5.41) is 3.35. The molecule has 0 radical (unpaired) electrons. The van der Waals surface area contributed by atoms with Crippen molar-refractivity contribution in [2.24, 2.45) is 5.73 Å². The Labute approximate surface area is 136 Å². The second kappa shape index (κ2) is 8.68. The fourth-order valence-electron chi connectivity index (χ4n) is 2.14. The third-order valence-corrected chi connectivity index (χ3v) is 3.23. The van der Waals surface area contributed by atoms with Gasteiger partial charge in [-0.25, -0.2) is 0 Å². The minimum atomic E-state index is -0.374. The Balaban J connectivity index is 2.02. The number of amides is 1. The predicted octanol–water partition coefficient (Wildman–Crippen LogP) is 2.95. The van der Waals surface area contributed by atoms with Gasteiger partial charge in [0.05, 0.1) is 25.3 Å². The lowest BCUT2D eigenvalue weighted by atomic mass is 10.2. The van der Waals surface area contributed by atoms with Gasteiger partial charge in [0, 0.05) is 12.1 Å². The van der Waals surface area contributed by atoms with Gasteiger partial charge in [0.25, 0.3) is 0 Å². The number of ether oxygens (including phenoxy) is 2. The van der Waals surface area contributed by atoms with Crippen molar-refractivity contribution in [2.45, 2.75) is 19.9 Å². The monoisotopic (exact) mass is 314 g/mol. The largest absolute Gasteiger partial charge is 0.494 e. The summed E-state index contributed by atoms with van der Waals surface area (Å²) in [4.78, 5) is 10.8. The molecule has 5 nitrogen and oxygen atoms in total. The SMILES string of the molecule is CCOc1ccccc1CNc1ccccc1OCCC(N)=O. The van der Waals surface area contributed by atoms with Gasteiger partial charge in [0.2, 0.25) is 5.91 Å². The number of benzene rings is 2. The molecule has 1 amide bonds. The van der Waals surface area contributed by atoms with Crippen LogP contribution in [0.2, 0.25) is 0 Å². The number of nitrogens with one attached hydrogen (secondary N) is 1. The quantitative estimate of drug-likeness (QED) is 0.746. The summed E-state index contributed by atoms with van der Waals surface area (Å²) in [6, 6.07) is 15.5. The maximum Gasteiger partial charge on any atom is 0.220 e. The molecular weight excluding hydrogens is 292 g/mol. The van der Waals surface area contributed by atoms with Gasteiger partial charge in [-0.15, -0.1) is 0 Å². The predicted molar refractivity (Wildman–Crippen MR) is 90.7 cm³/mol. The zero-order valence-corrected chi connectivity index (χ0v) is 13.2. The lowest BCUT2D eigenvalue weighted by Crippen LogP contribution is -2.15. The number of anilines is 1. The number of carbonyl (C=O) groups is 1. The maximum atomic E-state index is 10.8. The molecule has 23 heavy (non-hydrogen) atoms. The standard InChI is InChI=1S/C18H22N2O3/c1-2-22-16-9-5-3-7-14(16)13-20-15-8-4-6-10-17(15)23-12-11-18(19)21/h3-10,20H,2,11-13H2,1H3,(H2,19,21). The number of hydrogen-bond donors (Lipinski definition) is 2.